The highest BCUT2D eigenvalue weighted by Crippen LogP contribution is 2.32. The molecule has 0 radical (unpaired) electrons. The van der Waals surface area contributed by atoms with Crippen molar-refractivity contribution < 1.29 is 43.2 Å². The number of aliphatic hydroxyl groups is 1. The van der Waals surface area contributed by atoms with Gasteiger partial charge in [0.05, 0.1) is 18.4 Å². The lowest BCUT2D eigenvalue weighted by Gasteiger charge is -2.44. The van der Waals surface area contributed by atoms with Gasteiger partial charge in [-0.3, -0.25) is 14.9 Å². The minimum atomic E-state index is -1.35. The molecular formula is C36H39NO9. The highest BCUT2D eigenvalue weighted by Gasteiger charge is 2.53. The molecule has 242 valence electrons. The summed E-state index contributed by atoms with van der Waals surface area (Å²) in [5, 5.41) is 13.0. The van der Waals surface area contributed by atoms with E-state index < -0.39 is 67.2 Å². The fraction of sp³-hybridized carbons (Fsp3) is 0.361. The molecule has 0 aliphatic carbocycles. The average Bonchev–Trinajstić information content (AvgIpc) is 3.07. The van der Waals surface area contributed by atoms with E-state index in [2.05, 4.69) is 5.32 Å². The molecule has 10 heteroatoms. The Kier molecular flexibility index (Phi) is 11.6. The van der Waals surface area contributed by atoms with Gasteiger partial charge >= 0.3 is 18.0 Å². The van der Waals surface area contributed by atoms with Gasteiger partial charge in [0.2, 0.25) is 0 Å². The third kappa shape index (κ3) is 8.60. The number of amides is 1. The number of carbonyl (C=O) groups is 3. The van der Waals surface area contributed by atoms with Gasteiger partial charge in [0.1, 0.15) is 6.10 Å². The molecule has 10 nitrogen and oxygen atoms in total. The molecule has 0 bridgehead atoms. The standard InChI is InChI=1S/C36H39NO9/c1-42-35-32(46-36(41)37-28-19-9-4-10-20-28)31-30(29(23-38)43-35)44-33(39)26(21-24-13-5-2-6-14-24)17-11-12-18-27(34(40)45-31)22-25-15-7-3-8-16-25/h2-16,19-20,26-27,29-32,35,38H,17-18,21-23H2,1H3,(H,37,41)/t26-,27-,29+,30-,31-,32+,35-/m0/s1. The van der Waals surface area contributed by atoms with Crippen molar-refractivity contribution in [2.45, 2.75) is 56.4 Å². The number of anilines is 1. The largest absolute Gasteiger partial charge is 0.455 e. The molecule has 1 fully saturated rings. The SMILES string of the molecule is CO[C@H]1O[C@H](CO)[C@@H]2OC(=O)[C@H](Cc3ccccc3)CC=CC[C@@H](Cc3ccccc3)C(=O)O[C@@H]2[C@H]1OC(=O)Nc1ccccc1. The van der Waals surface area contributed by atoms with Crippen LogP contribution < -0.4 is 5.32 Å². The van der Waals surface area contributed by atoms with Crippen molar-refractivity contribution in [1.82, 2.24) is 0 Å². The average molecular weight is 630 g/mol. The molecule has 0 spiro atoms. The van der Waals surface area contributed by atoms with Gasteiger partial charge in [-0.2, -0.15) is 0 Å². The highest BCUT2D eigenvalue weighted by atomic mass is 16.7. The predicted molar refractivity (Wildman–Crippen MR) is 168 cm³/mol. The van der Waals surface area contributed by atoms with E-state index in [4.69, 9.17) is 23.7 Å². The van der Waals surface area contributed by atoms with Gasteiger partial charge in [-0.05, 0) is 48.9 Å². The number of allylic oxidation sites excluding steroid dienone is 2. The maximum absolute atomic E-state index is 13.9. The van der Waals surface area contributed by atoms with E-state index in [9.17, 15) is 19.5 Å². The Hall–Kier alpha value is -4.51. The van der Waals surface area contributed by atoms with Gasteiger partial charge in [0, 0.05) is 12.8 Å². The lowest BCUT2D eigenvalue weighted by Crippen LogP contribution is -2.63. The normalized spacial score (nSPS) is 26.8. The van der Waals surface area contributed by atoms with Crippen LogP contribution in [0.25, 0.3) is 0 Å². The van der Waals surface area contributed by atoms with Gasteiger partial charge in [0.25, 0.3) is 0 Å². The summed E-state index contributed by atoms with van der Waals surface area (Å²) in [6.45, 7) is -0.578. The van der Waals surface area contributed by atoms with Crippen molar-refractivity contribution in [3.63, 3.8) is 0 Å². The molecule has 2 heterocycles. The van der Waals surface area contributed by atoms with Crippen LogP contribution in [0.15, 0.2) is 103 Å². The van der Waals surface area contributed by atoms with Crippen LogP contribution >= 0.6 is 0 Å². The van der Waals surface area contributed by atoms with Crippen LogP contribution in [0.1, 0.15) is 24.0 Å². The summed E-state index contributed by atoms with van der Waals surface area (Å²) >= 11 is 0. The minimum Gasteiger partial charge on any atom is -0.455 e. The van der Waals surface area contributed by atoms with E-state index in [1.165, 1.54) is 7.11 Å². The van der Waals surface area contributed by atoms with Gasteiger partial charge in [-0.25, -0.2) is 4.79 Å². The highest BCUT2D eigenvalue weighted by molar-refractivity contribution is 5.84. The number of rotatable bonds is 8. The number of nitrogens with one attached hydrogen (secondary N) is 1. The smallest absolute Gasteiger partial charge is 0.412 e. The summed E-state index contributed by atoms with van der Waals surface area (Å²) in [4.78, 5) is 40.8. The Balaban J connectivity index is 1.49. The number of methoxy groups -OCH3 is 1. The summed E-state index contributed by atoms with van der Waals surface area (Å²) in [7, 11) is 1.34. The third-order valence-corrected chi connectivity index (χ3v) is 8.10. The number of hydrogen-bond donors (Lipinski definition) is 2. The molecule has 7 atom stereocenters. The monoisotopic (exact) mass is 629 g/mol. The molecule has 2 aliphatic heterocycles. The molecule has 3 aromatic carbocycles. The molecule has 0 unspecified atom stereocenters. The van der Waals surface area contributed by atoms with Gasteiger partial charge < -0.3 is 28.8 Å². The molecule has 3 aromatic rings. The fourth-order valence-electron chi connectivity index (χ4n) is 5.71. The maximum atomic E-state index is 13.9. The number of carbonyl (C=O) groups excluding carboxylic acids is 3. The van der Waals surface area contributed by atoms with Crippen molar-refractivity contribution >= 4 is 23.7 Å². The number of fused-ring (bicyclic) bond motifs is 1. The molecule has 0 aromatic heterocycles. The summed E-state index contributed by atoms with van der Waals surface area (Å²) in [6, 6.07) is 27.8. The summed E-state index contributed by atoms with van der Waals surface area (Å²) in [5.74, 6) is -2.32. The Morgan fingerprint density at radius 2 is 1.28 bits per heavy atom. The first-order valence-corrected chi connectivity index (χ1v) is 15.4. The van der Waals surface area contributed by atoms with Gasteiger partial charge in [0.15, 0.2) is 24.6 Å². The number of ether oxygens (including phenoxy) is 5. The minimum absolute atomic E-state index is 0.353. The Bertz CT molecular complexity index is 1450. The zero-order valence-corrected chi connectivity index (χ0v) is 25.6. The molecular weight excluding hydrogens is 590 g/mol. The van der Waals surface area contributed by atoms with E-state index in [0.29, 0.717) is 31.4 Å². The van der Waals surface area contributed by atoms with E-state index in [0.717, 1.165) is 11.1 Å². The van der Waals surface area contributed by atoms with Crippen LogP contribution in [-0.4, -0.2) is 67.6 Å². The van der Waals surface area contributed by atoms with Crippen LogP contribution in [0.5, 0.6) is 0 Å². The second kappa shape index (κ2) is 16.2. The maximum Gasteiger partial charge on any atom is 0.412 e. The fourth-order valence-corrected chi connectivity index (χ4v) is 5.71. The van der Waals surface area contributed by atoms with Crippen LogP contribution in [0, 0.1) is 11.8 Å². The second-order valence-corrected chi connectivity index (χ2v) is 11.3. The second-order valence-electron chi connectivity index (χ2n) is 11.3. The lowest BCUT2D eigenvalue weighted by molar-refractivity contribution is -0.299. The lowest BCUT2D eigenvalue weighted by atomic mass is 9.92. The van der Waals surface area contributed by atoms with Gasteiger partial charge in [-0.1, -0.05) is 91.0 Å². The van der Waals surface area contributed by atoms with E-state index in [-0.39, 0.29) is 0 Å². The van der Waals surface area contributed by atoms with Crippen LogP contribution in [0.4, 0.5) is 10.5 Å². The number of benzene rings is 3. The number of esters is 2. The van der Waals surface area contributed by atoms with Crippen molar-refractivity contribution in [2.75, 3.05) is 19.0 Å². The molecule has 2 aliphatic rings. The number of aliphatic hydroxyl groups excluding tert-OH is 1. The summed E-state index contributed by atoms with van der Waals surface area (Å²) in [5.41, 5.74) is 2.37. The number of para-hydroxylation sites is 1. The zero-order valence-electron chi connectivity index (χ0n) is 25.6. The first-order valence-electron chi connectivity index (χ1n) is 15.4. The summed E-state index contributed by atoms with van der Waals surface area (Å²) < 4.78 is 29.4. The van der Waals surface area contributed by atoms with E-state index >= 15 is 0 Å². The predicted octanol–water partition coefficient (Wildman–Crippen LogP) is 4.86. The van der Waals surface area contributed by atoms with Crippen LogP contribution in [-0.2, 0) is 46.1 Å². The van der Waals surface area contributed by atoms with E-state index in [1.807, 2.05) is 72.8 Å². The molecule has 0 saturated carbocycles. The van der Waals surface area contributed by atoms with Crippen molar-refractivity contribution in [1.29, 1.82) is 0 Å². The van der Waals surface area contributed by atoms with Crippen molar-refractivity contribution in [2.24, 2.45) is 11.8 Å². The molecule has 46 heavy (non-hydrogen) atoms. The van der Waals surface area contributed by atoms with E-state index in [1.54, 1.807) is 30.3 Å². The Morgan fingerprint density at radius 3 is 1.78 bits per heavy atom. The zero-order chi connectivity index (χ0) is 32.3. The van der Waals surface area contributed by atoms with Crippen molar-refractivity contribution in [3.05, 3.63) is 114 Å². The first kappa shape index (κ1) is 32.9. The Morgan fingerprint density at radius 1 is 0.783 bits per heavy atom. The first-order chi connectivity index (χ1) is 22.4. The number of hydrogen-bond acceptors (Lipinski definition) is 9. The van der Waals surface area contributed by atoms with Crippen LogP contribution in [0.3, 0.4) is 0 Å². The molecule has 2 N–H and O–H groups in total. The molecule has 1 amide bonds. The molecule has 5 rings (SSSR count). The topological polar surface area (TPSA) is 130 Å². The molecule has 1 saturated heterocycles. The Labute approximate surface area is 268 Å². The third-order valence-electron chi connectivity index (χ3n) is 8.10. The van der Waals surface area contributed by atoms with Gasteiger partial charge in [-0.15, -0.1) is 0 Å². The summed E-state index contributed by atoms with van der Waals surface area (Å²) in [6.07, 6.45) is -1.95. The van der Waals surface area contributed by atoms with Crippen LogP contribution in [0.2, 0.25) is 0 Å². The quantitative estimate of drug-likeness (QED) is 0.204. The van der Waals surface area contributed by atoms with Crippen molar-refractivity contribution in [3.8, 4) is 0 Å².